The second-order valence-corrected chi connectivity index (χ2v) is 19.0. The van der Waals surface area contributed by atoms with Crippen molar-refractivity contribution in [3.8, 4) is 17.2 Å². The van der Waals surface area contributed by atoms with Crippen molar-refractivity contribution in [2.24, 2.45) is 0 Å². The van der Waals surface area contributed by atoms with Crippen LogP contribution in [0.1, 0.15) is 26.3 Å². The number of anilines is 1. The van der Waals surface area contributed by atoms with Gasteiger partial charge >= 0.3 is 6.18 Å². The number of sulfonamides is 1. The van der Waals surface area contributed by atoms with Gasteiger partial charge in [-0.2, -0.15) is 13.2 Å². The van der Waals surface area contributed by atoms with Crippen LogP contribution in [0.25, 0.3) is 0 Å². The standard InChI is InChI=1S/C38H36F3NO5SSi/c1-37(2,3)49(33-18-9-5-10-19-33,34-20-11-6-12-21-34)45-27-31-26-42(48(43,44)32-17-13-14-28(24-32)38(39,40)41)35-25-30(22-23-36(35)47-31)46-29-15-7-4-8-16-29/h4-25,31H,26-27H2,1-3H3/t31-/m1/s1. The number of halogens is 3. The largest absolute Gasteiger partial charge is 0.484 e. The highest BCUT2D eigenvalue weighted by molar-refractivity contribution is 7.92. The van der Waals surface area contributed by atoms with Crippen LogP contribution in [0.15, 0.2) is 138 Å². The van der Waals surface area contributed by atoms with Crippen LogP contribution in [0.3, 0.4) is 0 Å². The van der Waals surface area contributed by atoms with Gasteiger partial charge in [0.15, 0.2) is 0 Å². The number of ether oxygens (including phenoxy) is 2. The summed E-state index contributed by atoms with van der Waals surface area (Å²) >= 11 is 0. The van der Waals surface area contributed by atoms with Gasteiger partial charge < -0.3 is 13.9 Å². The maximum atomic E-state index is 14.3. The van der Waals surface area contributed by atoms with Crippen LogP contribution in [-0.4, -0.2) is 36.0 Å². The molecule has 254 valence electrons. The number of alkyl halides is 3. The summed E-state index contributed by atoms with van der Waals surface area (Å²) in [5.41, 5.74) is -0.915. The topological polar surface area (TPSA) is 65.1 Å². The molecule has 0 amide bonds. The molecule has 0 fully saturated rings. The zero-order chi connectivity index (χ0) is 34.9. The molecule has 0 radical (unpaired) electrons. The van der Waals surface area contributed by atoms with Gasteiger partial charge in [-0.25, -0.2) is 8.42 Å². The number of nitrogens with zero attached hydrogens (tertiary/aromatic N) is 1. The summed E-state index contributed by atoms with van der Waals surface area (Å²) in [5, 5.41) is 1.73. The Morgan fingerprint density at radius 2 is 1.35 bits per heavy atom. The summed E-state index contributed by atoms with van der Waals surface area (Å²) in [5.74, 6) is 1.10. The predicted octanol–water partition coefficient (Wildman–Crippen LogP) is 8.03. The fourth-order valence-corrected chi connectivity index (χ4v) is 12.4. The van der Waals surface area contributed by atoms with E-state index in [2.05, 4.69) is 45.0 Å². The lowest BCUT2D eigenvalue weighted by molar-refractivity contribution is -0.137. The fourth-order valence-electron chi connectivity index (χ4n) is 6.23. The van der Waals surface area contributed by atoms with Crippen LogP contribution in [0.2, 0.25) is 5.04 Å². The first-order chi connectivity index (χ1) is 23.3. The van der Waals surface area contributed by atoms with Crippen molar-refractivity contribution >= 4 is 34.4 Å². The van der Waals surface area contributed by atoms with E-state index < -0.39 is 41.1 Å². The molecule has 1 heterocycles. The van der Waals surface area contributed by atoms with Crippen LogP contribution in [-0.2, 0) is 20.6 Å². The quantitative estimate of drug-likeness (QED) is 0.146. The molecule has 0 spiro atoms. The number of rotatable bonds is 9. The summed E-state index contributed by atoms with van der Waals surface area (Å²) < 4.78 is 90.2. The molecule has 11 heteroatoms. The molecule has 6 rings (SSSR count). The van der Waals surface area contributed by atoms with E-state index in [1.165, 1.54) is 6.07 Å². The molecule has 0 N–H and O–H groups in total. The van der Waals surface area contributed by atoms with Crippen LogP contribution in [0, 0.1) is 0 Å². The van der Waals surface area contributed by atoms with Gasteiger partial charge in [0.1, 0.15) is 23.4 Å². The zero-order valence-electron chi connectivity index (χ0n) is 27.2. The van der Waals surface area contributed by atoms with Gasteiger partial charge in [-0.1, -0.05) is 106 Å². The number of benzene rings is 5. The van der Waals surface area contributed by atoms with Gasteiger partial charge in [0.25, 0.3) is 18.3 Å². The van der Waals surface area contributed by atoms with Crippen molar-refractivity contribution in [1.29, 1.82) is 0 Å². The first-order valence-electron chi connectivity index (χ1n) is 15.8. The first kappa shape index (κ1) is 34.3. The summed E-state index contributed by atoms with van der Waals surface area (Å²) in [6.07, 6.45) is -5.52. The molecule has 0 unspecified atom stereocenters. The van der Waals surface area contributed by atoms with Crippen LogP contribution in [0.5, 0.6) is 17.2 Å². The van der Waals surface area contributed by atoms with Crippen molar-refractivity contribution in [3.63, 3.8) is 0 Å². The summed E-state index contributed by atoms with van der Waals surface area (Å²) in [6, 6.07) is 37.5. The summed E-state index contributed by atoms with van der Waals surface area (Å²) in [7, 11) is -7.54. The summed E-state index contributed by atoms with van der Waals surface area (Å²) in [4.78, 5) is -0.490. The Bertz CT molecular complexity index is 1970. The Morgan fingerprint density at radius 3 is 1.92 bits per heavy atom. The molecule has 5 aromatic rings. The van der Waals surface area contributed by atoms with E-state index >= 15 is 0 Å². The van der Waals surface area contributed by atoms with E-state index in [0.717, 1.165) is 32.9 Å². The average molecular weight is 704 g/mol. The monoisotopic (exact) mass is 703 g/mol. The Morgan fingerprint density at radius 1 is 0.755 bits per heavy atom. The Balaban J connectivity index is 1.41. The van der Waals surface area contributed by atoms with Gasteiger partial charge in [0.05, 0.1) is 29.3 Å². The molecule has 0 aromatic heterocycles. The van der Waals surface area contributed by atoms with E-state index in [1.807, 2.05) is 42.5 Å². The van der Waals surface area contributed by atoms with Gasteiger partial charge in [0, 0.05) is 6.07 Å². The third kappa shape index (κ3) is 6.96. The molecule has 1 atom stereocenters. The lowest BCUT2D eigenvalue weighted by atomic mass is 10.2. The zero-order valence-corrected chi connectivity index (χ0v) is 29.0. The van der Waals surface area contributed by atoms with Crippen LogP contribution >= 0.6 is 0 Å². The van der Waals surface area contributed by atoms with Crippen molar-refractivity contribution in [2.45, 2.75) is 43.0 Å². The molecule has 0 saturated heterocycles. The third-order valence-corrected chi connectivity index (χ3v) is 15.3. The lowest BCUT2D eigenvalue weighted by Crippen LogP contribution is -2.67. The smallest absolute Gasteiger partial charge is 0.416 e. The minimum Gasteiger partial charge on any atom is -0.484 e. The number of para-hydroxylation sites is 1. The maximum Gasteiger partial charge on any atom is 0.416 e. The van der Waals surface area contributed by atoms with Crippen LogP contribution < -0.4 is 24.2 Å². The van der Waals surface area contributed by atoms with E-state index in [9.17, 15) is 21.6 Å². The molecule has 0 saturated carbocycles. The highest BCUT2D eigenvalue weighted by Crippen LogP contribution is 2.42. The minimum absolute atomic E-state index is 0.0175. The van der Waals surface area contributed by atoms with Gasteiger partial charge in [-0.3, -0.25) is 4.31 Å². The van der Waals surface area contributed by atoms with E-state index in [-0.39, 0.29) is 29.6 Å². The molecule has 0 bridgehead atoms. The molecular weight excluding hydrogens is 668 g/mol. The van der Waals surface area contributed by atoms with Crippen molar-refractivity contribution in [2.75, 3.05) is 17.5 Å². The van der Waals surface area contributed by atoms with E-state index in [0.29, 0.717) is 17.6 Å². The van der Waals surface area contributed by atoms with Crippen molar-refractivity contribution < 1.29 is 35.5 Å². The number of fused-ring (bicyclic) bond motifs is 1. The molecular formula is C38H36F3NO5SSi. The van der Waals surface area contributed by atoms with Gasteiger partial charge in [0.2, 0.25) is 0 Å². The summed E-state index contributed by atoms with van der Waals surface area (Å²) in [6.45, 7) is 6.21. The molecule has 6 nitrogen and oxygen atoms in total. The third-order valence-electron chi connectivity index (χ3n) is 8.49. The SMILES string of the molecule is CC(C)(C)[Si](OC[C@H]1CN(S(=O)(=O)c2cccc(C(F)(F)F)c2)c2cc(Oc3ccccc3)ccc2O1)(c1ccccc1)c1ccccc1. The lowest BCUT2D eigenvalue weighted by Gasteiger charge is -2.44. The fraction of sp³-hybridized carbons (Fsp3) is 0.211. The molecule has 1 aliphatic heterocycles. The minimum atomic E-state index is -4.72. The normalized spacial score (nSPS) is 15.3. The molecule has 49 heavy (non-hydrogen) atoms. The van der Waals surface area contributed by atoms with E-state index in [1.54, 1.807) is 36.4 Å². The predicted molar refractivity (Wildman–Crippen MR) is 187 cm³/mol. The van der Waals surface area contributed by atoms with Crippen molar-refractivity contribution in [1.82, 2.24) is 0 Å². The molecule has 5 aromatic carbocycles. The van der Waals surface area contributed by atoms with Gasteiger partial charge in [-0.15, -0.1) is 0 Å². The highest BCUT2D eigenvalue weighted by atomic mass is 32.2. The second kappa shape index (κ2) is 13.4. The Kier molecular flexibility index (Phi) is 9.36. The number of hydrogen-bond donors (Lipinski definition) is 0. The Labute approximate surface area is 285 Å². The Hall–Kier alpha value is -4.58. The number of hydrogen-bond acceptors (Lipinski definition) is 5. The maximum absolute atomic E-state index is 14.3. The highest BCUT2D eigenvalue weighted by Gasteiger charge is 2.51. The van der Waals surface area contributed by atoms with E-state index in [4.69, 9.17) is 13.9 Å². The average Bonchev–Trinajstić information content (AvgIpc) is 3.09. The van der Waals surface area contributed by atoms with Crippen molar-refractivity contribution in [3.05, 3.63) is 139 Å². The first-order valence-corrected chi connectivity index (χ1v) is 19.1. The second-order valence-electron chi connectivity index (χ2n) is 12.8. The van der Waals surface area contributed by atoms with Crippen LogP contribution in [0.4, 0.5) is 18.9 Å². The van der Waals surface area contributed by atoms with Gasteiger partial charge in [-0.05, 0) is 57.9 Å². The molecule has 1 aliphatic rings. The molecule has 0 aliphatic carbocycles.